The molecule has 0 atom stereocenters. The third-order valence-electron chi connectivity index (χ3n) is 2.70. The van der Waals surface area contributed by atoms with E-state index in [-0.39, 0.29) is 0 Å². The Bertz CT molecular complexity index is 709. The van der Waals surface area contributed by atoms with E-state index >= 15 is 0 Å². The van der Waals surface area contributed by atoms with Crippen molar-refractivity contribution < 1.29 is 14.7 Å². The predicted octanol–water partition coefficient (Wildman–Crippen LogP) is 0.350. The first-order valence-electron chi connectivity index (χ1n) is 5.65. The maximum atomic E-state index is 12.2. The minimum absolute atomic E-state index is 0.343. The molecule has 2 aromatic rings. The van der Waals surface area contributed by atoms with Crippen molar-refractivity contribution in [3.8, 4) is 0 Å². The Kier molecular flexibility index (Phi) is 3.60. The number of amides is 1. The molecule has 2 heterocycles. The summed E-state index contributed by atoms with van der Waals surface area (Å²) in [4.78, 5) is 38.8. The number of carboxylic acid groups (broad SMARTS) is 1. The van der Waals surface area contributed by atoms with E-state index in [2.05, 4.69) is 4.98 Å². The van der Waals surface area contributed by atoms with Gasteiger partial charge in [0, 0.05) is 31.2 Å². The fraction of sp³-hybridized carbons (Fsp3) is 0.0769. The summed E-state index contributed by atoms with van der Waals surface area (Å²) in [6.45, 7) is 0. The second-order valence-corrected chi connectivity index (χ2v) is 3.94. The third-order valence-corrected chi connectivity index (χ3v) is 2.70. The van der Waals surface area contributed by atoms with Gasteiger partial charge < -0.3 is 5.11 Å². The zero-order valence-corrected chi connectivity index (χ0v) is 10.6. The molecule has 2 rings (SSSR count). The van der Waals surface area contributed by atoms with Crippen LogP contribution in [0.15, 0.2) is 47.7 Å². The Labute approximate surface area is 113 Å². The number of carbonyl (C=O) groups excluding carboxylic acids is 1. The molecule has 0 aliphatic rings. The summed E-state index contributed by atoms with van der Waals surface area (Å²) in [6, 6.07) is 5.59. The Balaban J connectivity index is 2.42. The average Bonchev–Trinajstić information content (AvgIpc) is 2.46. The lowest BCUT2D eigenvalue weighted by molar-refractivity contribution is 0.0693. The highest BCUT2D eigenvalue weighted by Crippen LogP contribution is 2.01. The van der Waals surface area contributed by atoms with E-state index < -0.39 is 23.0 Å². The smallest absolute Gasteiger partial charge is 0.341 e. The van der Waals surface area contributed by atoms with Gasteiger partial charge in [0.25, 0.3) is 11.5 Å². The minimum atomic E-state index is -1.34. The molecule has 7 heteroatoms. The minimum Gasteiger partial charge on any atom is -0.477 e. The lowest BCUT2D eigenvalue weighted by atomic mass is 10.2. The molecule has 0 aliphatic carbocycles. The van der Waals surface area contributed by atoms with Crippen LogP contribution in [0.3, 0.4) is 0 Å². The number of aromatic nitrogens is 2. The van der Waals surface area contributed by atoms with Gasteiger partial charge in [-0.2, -0.15) is 0 Å². The Morgan fingerprint density at radius 3 is 2.50 bits per heavy atom. The van der Waals surface area contributed by atoms with Gasteiger partial charge in [-0.1, -0.05) is 0 Å². The number of aromatic carboxylic acids is 1. The summed E-state index contributed by atoms with van der Waals surface area (Å²) in [7, 11) is 1.38. The van der Waals surface area contributed by atoms with Gasteiger partial charge in [0.1, 0.15) is 5.56 Å². The van der Waals surface area contributed by atoms with E-state index in [0.29, 0.717) is 5.56 Å². The van der Waals surface area contributed by atoms with Gasteiger partial charge in [-0.05, 0) is 24.3 Å². The van der Waals surface area contributed by atoms with Crippen LogP contribution in [0.5, 0.6) is 0 Å². The molecular formula is C13H11N3O4. The van der Waals surface area contributed by atoms with E-state index in [4.69, 9.17) is 5.11 Å². The fourth-order valence-electron chi connectivity index (χ4n) is 1.66. The zero-order chi connectivity index (χ0) is 14.7. The first-order chi connectivity index (χ1) is 9.52. The highest BCUT2D eigenvalue weighted by atomic mass is 16.4. The van der Waals surface area contributed by atoms with Crippen LogP contribution in [-0.4, -0.2) is 33.7 Å². The Morgan fingerprint density at radius 1 is 1.25 bits per heavy atom. The van der Waals surface area contributed by atoms with E-state index in [9.17, 15) is 14.4 Å². The van der Waals surface area contributed by atoms with Crippen LogP contribution in [0.2, 0.25) is 0 Å². The normalized spacial score (nSPS) is 10.1. The number of carbonyl (C=O) groups is 2. The Hall–Kier alpha value is -2.96. The van der Waals surface area contributed by atoms with Crippen molar-refractivity contribution in [1.29, 1.82) is 0 Å². The number of hydrogen-bond donors (Lipinski definition) is 1. The van der Waals surface area contributed by atoms with Crippen LogP contribution in [-0.2, 0) is 0 Å². The quantitative estimate of drug-likeness (QED) is 0.871. The maximum absolute atomic E-state index is 12.2. The number of pyridine rings is 2. The topological polar surface area (TPSA) is 92.5 Å². The van der Waals surface area contributed by atoms with E-state index in [0.717, 1.165) is 9.69 Å². The van der Waals surface area contributed by atoms with Crippen molar-refractivity contribution >= 4 is 11.9 Å². The van der Waals surface area contributed by atoms with Crippen molar-refractivity contribution in [3.05, 3.63) is 64.3 Å². The summed E-state index contributed by atoms with van der Waals surface area (Å²) < 4.78 is 0.951. The van der Waals surface area contributed by atoms with Crippen molar-refractivity contribution in [1.82, 2.24) is 9.66 Å². The van der Waals surface area contributed by atoms with Gasteiger partial charge in [-0.25, -0.2) is 14.5 Å². The van der Waals surface area contributed by atoms with E-state index in [1.165, 1.54) is 49.9 Å². The molecule has 1 amide bonds. The number of nitrogens with zero attached hydrogens (tertiary/aromatic N) is 3. The molecule has 0 fully saturated rings. The maximum Gasteiger partial charge on any atom is 0.341 e. The summed E-state index contributed by atoms with van der Waals surface area (Å²) >= 11 is 0. The summed E-state index contributed by atoms with van der Waals surface area (Å²) in [6.07, 6.45) is 4.24. The molecule has 0 unspecified atom stereocenters. The SMILES string of the molecule is CN(C(=O)c1ccncc1)n1cccc(C(=O)O)c1=O. The molecule has 0 saturated heterocycles. The second kappa shape index (κ2) is 5.35. The number of carboxylic acids is 1. The molecule has 0 radical (unpaired) electrons. The highest BCUT2D eigenvalue weighted by Gasteiger charge is 2.17. The van der Waals surface area contributed by atoms with Crippen molar-refractivity contribution in [2.45, 2.75) is 0 Å². The van der Waals surface area contributed by atoms with Crippen LogP contribution < -0.4 is 10.6 Å². The van der Waals surface area contributed by atoms with Gasteiger partial charge in [0.05, 0.1) is 0 Å². The first-order valence-corrected chi connectivity index (χ1v) is 5.65. The van der Waals surface area contributed by atoms with Crippen LogP contribution >= 0.6 is 0 Å². The molecule has 0 aromatic carbocycles. The molecule has 0 spiro atoms. The van der Waals surface area contributed by atoms with Crippen molar-refractivity contribution in [2.24, 2.45) is 0 Å². The molecule has 2 aromatic heterocycles. The largest absolute Gasteiger partial charge is 0.477 e. The number of hydrogen-bond acceptors (Lipinski definition) is 4. The van der Waals surface area contributed by atoms with Gasteiger partial charge in [-0.15, -0.1) is 0 Å². The van der Waals surface area contributed by atoms with Gasteiger partial charge in [0.2, 0.25) is 0 Å². The zero-order valence-electron chi connectivity index (χ0n) is 10.6. The molecular weight excluding hydrogens is 262 g/mol. The summed E-state index contributed by atoms with van der Waals surface area (Å²) in [5.74, 6) is -1.79. The monoisotopic (exact) mass is 273 g/mol. The molecule has 7 nitrogen and oxygen atoms in total. The van der Waals surface area contributed by atoms with Crippen LogP contribution in [0, 0.1) is 0 Å². The van der Waals surface area contributed by atoms with Gasteiger partial charge in [0.15, 0.2) is 0 Å². The first kappa shape index (κ1) is 13.5. The molecule has 0 aliphatic heterocycles. The summed E-state index contributed by atoms with van der Waals surface area (Å²) in [5.41, 5.74) is -0.832. The standard InChI is InChI=1S/C13H11N3O4/c1-15(11(17)9-4-6-14-7-5-9)16-8-2-3-10(12(16)18)13(19)20/h2-8H,1H3,(H,19,20). The van der Waals surface area contributed by atoms with Crippen LogP contribution in [0.1, 0.15) is 20.7 Å². The third kappa shape index (κ3) is 2.41. The van der Waals surface area contributed by atoms with Gasteiger partial charge in [-0.3, -0.25) is 14.6 Å². The van der Waals surface area contributed by atoms with Crippen molar-refractivity contribution in [2.75, 3.05) is 12.1 Å². The van der Waals surface area contributed by atoms with Crippen molar-refractivity contribution in [3.63, 3.8) is 0 Å². The lowest BCUT2D eigenvalue weighted by Gasteiger charge is -2.19. The second-order valence-electron chi connectivity index (χ2n) is 3.94. The predicted molar refractivity (Wildman–Crippen MR) is 70.4 cm³/mol. The van der Waals surface area contributed by atoms with Gasteiger partial charge >= 0.3 is 5.97 Å². The number of rotatable bonds is 3. The molecule has 0 bridgehead atoms. The Morgan fingerprint density at radius 2 is 1.90 bits per heavy atom. The highest BCUT2D eigenvalue weighted by molar-refractivity contribution is 6.01. The van der Waals surface area contributed by atoms with Crippen LogP contribution in [0.4, 0.5) is 0 Å². The van der Waals surface area contributed by atoms with E-state index in [1.807, 2.05) is 0 Å². The molecule has 20 heavy (non-hydrogen) atoms. The fourth-order valence-corrected chi connectivity index (χ4v) is 1.66. The molecule has 102 valence electrons. The molecule has 0 saturated carbocycles. The van der Waals surface area contributed by atoms with Crippen LogP contribution in [0.25, 0.3) is 0 Å². The van der Waals surface area contributed by atoms with E-state index in [1.54, 1.807) is 0 Å². The average molecular weight is 273 g/mol. The lowest BCUT2D eigenvalue weighted by Crippen LogP contribution is -2.44. The summed E-state index contributed by atoms with van der Waals surface area (Å²) in [5, 5.41) is 9.95. The molecule has 1 N–H and O–H groups in total.